The molecule has 1 aromatic carbocycles. The maximum Gasteiger partial charge on any atom is 0.416 e. The lowest BCUT2D eigenvalue weighted by Crippen LogP contribution is -2.44. The molecule has 0 bridgehead atoms. The van der Waals surface area contributed by atoms with Crippen LogP contribution in [-0.4, -0.2) is 51.7 Å². The summed E-state index contributed by atoms with van der Waals surface area (Å²) in [5, 5.41) is 0. The van der Waals surface area contributed by atoms with Gasteiger partial charge in [-0.15, -0.1) is 0 Å². The smallest absolute Gasteiger partial charge is 0.390 e. The minimum absolute atomic E-state index is 0.119. The van der Waals surface area contributed by atoms with Gasteiger partial charge in [0.1, 0.15) is 0 Å². The summed E-state index contributed by atoms with van der Waals surface area (Å²) >= 11 is 0. The van der Waals surface area contributed by atoms with Crippen LogP contribution in [0.3, 0.4) is 0 Å². The van der Waals surface area contributed by atoms with Crippen LogP contribution in [0.25, 0.3) is 0 Å². The van der Waals surface area contributed by atoms with Gasteiger partial charge in [0.25, 0.3) is 11.9 Å². The molecule has 0 aliphatic heterocycles. The molecule has 36 heavy (non-hydrogen) atoms. The lowest BCUT2D eigenvalue weighted by atomic mass is 10.0. The van der Waals surface area contributed by atoms with E-state index in [-0.39, 0.29) is 24.1 Å². The van der Waals surface area contributed by atoms with Crippen LogP contribution in [0.4, 0.5) is 45.5 Å². The van der Waals surface area contributed by atoms with Crippen molar-refractivity contribution in [2.24, 2.45) is 15.7 Å². The van der Waals surface area contributed by atoms with Gasteiger partial charge in [0.15, 0.2) is 5.84 Å². The van der Waals surface area contributed by atoms with Gasteiger partial charge in [-0.2, -0.15) is 44.5 Å². The fourth-order valence-electron chi connectivity index (χ4n) is 2.86. The van der Waals surface area contributed by atoms with Gasteiger partial charge in [-0.05, 0) is 31.2 Å². The number of rotatable bonds is 6. The van der Waals surface area contributed by atoms with E-state index in [1.54, 1.807) is 0 Å². The molecule has 0 aliphatic rings. The zero-order valence-corrected chi connectivity index (χ0v) is 18.2. The molecule has 2 N–H and O–H groups in total. The Morgan fingerprint density at radius 3 is 1.97 bits per heavy atom. The molecule has 0 fully saturated rings. The number of carbonyl (C=O) groups is 1. The number of hydrogen-bond donors (Lipinski definition) is 1. The van der Waals surface area contributed by atoms with E-state index in [9.17, 15) is 44.3 Å². The number of halogens is 9. The Morgan fingerprint density at radius 2 is 1.53 bits per heavy atom. The standard InChI is InChI=1S/C20H17F9N6O/c1-11(15(33-10-30)34-17-31-4-2-5-32-17)35(6-3-18(21,22)23)16(36)12-7-13(19(24,25)26)9-14(8-12)20(27,28)29/h2,4-5,7-11H,3,6H2,1H3,(H2,30,31,32,33,34). The maximum atomic E-state index is 13.2. The lowest BCUT2D eigenvalue weighted by molar-refractivity contribution is -0.143. The molecule has 196 valence electrons. The van der Waals surface area contributed by atoms with Crippen LogP contribution in [-0.2, 0) is 12.4 Å². The molecule has 0 radical (unpaired) electrons. The Hall–Kier alpha value is -3.72. The van der Waals surface area contributed by atoms with E-state index in [0.717, 1.165) is 6.92 Å². The number of nitrogens with two attached hydrogens (primary N) is 1. The minimum Gasteiger partial charge on any atom is -0.390 e. The highest BCUT2D eigenvalue weighted by Gasteiger charge is 2.39. The Labute approximate surface area is 197 Å². The number of amides is 1. The van der Waals surface area contributed by atoms with Crippen LogP contribution >= 0.6 is 0 Å². The second-order valence-electron chi connectivity index (χ2n) is 7.13. The van der Waals surface area contributed by atoms with E-state index >= 15 is 0 Å². The summed E-state index contributed by atoms with van der Waals surface area (Å²) in [5.74, 6) is -2.23. The number of carbonyl (C=O) groups excluding carboxylic acids is 1. The summed E-state index contributed by atoms with van der Waals surface area (Å²) in [6, 6.07) is -0.0623. The number of benzene rings is 1. The Balaban J connectivity index is 2.63. The second kappa shape index (κ2) is 10.9. The average molecular weight is 528 g/mol. The van der Waals surface area contributed by atoms with Gasteiger partial charge in [0.2, 0.25) is 0 Å². The summed E-state index contributed by atoms with van der Waals surface area (Å²) in [6.45, 7) is -0.0306. The molecule has 2 aromatic rings. The molecule has 7 nitrogen and oxygen atoms in total. The first-order chi connectivity index (χ1) is 16.5. The van der Waals surface area contributed by atoms with Crippen molar-refractivity contribution in [3.63, 3.8) is 0 Å². The van der Waals surface area contributed by atoms with Crippen LogP contribution in [0, 0.1) is 0 Å². The summed E-state index contributed by atoms with van der Waals surface area (Å²) in [6.07, 6.45) is -13.8. The number of nitrogens with zero attached hydrogens (tertiary/aromatic N) is 5. The van der Waals surface area contributed by atoms with Crippen LogP contribution in [0.15, 0.2) is 46.6 Å². The monoisotopic (exact) mass is 528 g/mol. The predicted molar refractivity (Wildman–Crippen MR) is 109 cm³/mol. The van der Waals surface area contributed by atoms with Crippen molar-refractivity contribution < 1.29 is 44.3 Å². The average Bonchev–Trinajstić information content (AvgIpc) is 2.77. The number of hydrogen-bond acceptors (Lipinski definition) is 4. The first kappa shape index (κ1) is 28.5. The summed E-state index contributed by atoms with van der Waals surface area (Å²) in [4.78, 5) is 28.5. The van der Waals surface area contributed by atoms with E-state index in [1.807, 2.05) is 0 Å². The highest BCUT2D eigenvalue weighted by molar-refractivity contribution is 6.01. The topological polar surface area (TPSA) is 96.8 Å². The molecular weight excluding hydrogens is 511 g/mol. The van der Waals surface area contributed by atoms with Gasteiger partial charge in [0.05, 0.1) is 29.9 Å². The molecule has 1 unspecified atom stereocenters. The Bertz CT molecular complexity index is 1080. The van der Waals surface area contributed by atoms with Crippen LogP contribution in [0.1, 0.15) is 34.8 Å². The van der Waals surface area contributed by atoms with Crippen molar-refractivity contribution in [2.75, 3.05) is 6.54 Å². The molecule has 1 aromatic heterocycles. The van der Waals surface area contributed by atoms with Gasteiger partial charge in [0, 0.05) is 24.5 Å². The zero-order valence-electron chi connectivity index (χ0n) is 18.2. The van der Waals surface area contributed by atoms with Gasteiger partial charge in [-0.1, -0.05) is 0 Å². The van der Waals surface area contributed by atoms with Crippen molar-refractivity contribution in [2.45, 2.75) is 37.9 Å². The first-order valence-corrected chi connectivity index (χ1v) is 9.80. The van der Waals surface area contributed by atoms with Crippen LogP contribution in [0.2, 0.25) is 0 Å². The van der Waals surface area contributed by atoms with E-state index in [2.05, 4.69) is 20.0 Å². The SMILES string of the molecule is CC(C(N=CN)=Nc1ncccn1)N(CCC(F)(F)F)C(=O)c1cc(C(F)(F)F)cc(C(F)(F)F)c1. The van der Waals surface area contributed by atoms with Crippen LogP contribution in [0.5, 0.6) is 0 Å². The molecular formula is C20H17F9N6O. The van der Waals surface area contributed by atoms with E-state index in [0.29, 0.717) is 11.2 Å². The third-order valence-electron chi connectivity index (χ3n) is 4.55. The molecule has 0 saturated heterocycles. The number of amidine groups is 1. The third-order valence-corrected chi connectivity index (χ3v) is 4.55. The first-order valence-electron chi connectivity index (χ1n) is 9.80. The van der Waals surface area contributed by atoms with Crippen molar-refractivity contribution >= 4 is 24.0 Å². The summed E-state index contributed by atoms with van der Waals surface area (Å²) in [5.41, 5.74) is 0.480. The summed E-state index contributed by atoms with van der Waals surface area (Å²) in [7, 11) is 0. The van der Waals surface area contributed by atoms with Crippen molar-refractivity contribution in [1.82, 2.24) is 14.9 Å². The van der Waals surface area contributed by atoms with Crippen LogP contribution < -0.4 is 5.73 Å². The Kier molecular flexibility index (Phi) is 8.64. The van der Waals surface area contributed by atoms with E-state index in [4.69, 9.17) is 5.73 Å². The van der Waals surface area contributed by atoms with E-state index < -0.39 is 66.0 Å². The zero-order chi connectivity index (χ0) is 27.3. The number of alkyl halides is 9. The van der Waals surface area contributed by atoms with Crippen molar-refractivity contribution in [3.8, 4) is 0 Å². The molecule has 0 spiro atoms. The predicted octanol–water partition coefficient (Wildman–Crippen LogP) is 5.01. The molecule has 1 amide bonds. The quantitative estimate of drug-likeness (QED) is 0.324. The highest BCUT2D eigenvalue weighted by Crippen LogP contribution is 2.37. The molecule has 1 heterocycles. The maximum absolute atomic E-state index is 13.2. The number of aromatic nitrogens is 2. The second-order valence-corrected chi connectivity index (χ2v) is 7.13. The highest BCUT2D eigenvalue weighted by atomic mass is 19.4. The molecule has 0 aliphatic carbocycles. The molecule has 1 atom stereocenters. The largest absolute Gasteiger partial charge is 0.416 e. The normalized spacial score (nSPS) is 14.2. The lowest BCUT2D eigenvalue weighted by Gasteiger charge is -2.29. The molecule has 0 saturated carbocycles. The van der Waals surface area contributed by atoms with Gasteiger partial charge < -0.3 is 10.6 Å². The molecule has 2 rings (SSSR count). The van der Waals surface area contributed by atoms with Crippen molar-refractivity contribution in [1.29, 1.82) is 0 Å². The van der Waals surface area contributed by atoms with Gasteiger partial charge in [-0.3, -0.25) is 4.79 Å². The van der Waals surface area contributed by atoms with Gasteiger partial charge >= 0.3 is 18.5 Å². The third kappa shape index (κ3) is 7.91. The summed E-state index contributed by atoms with van der Waals surface area (Å²) < 4.78 is 118. The fraction of sp³-hybridized carbons (Fsp3) is 0.350. The minimum atomic E-state index is -5.28. The fourth-order valence-corrected chi connectivity index (χ4v) is 2.86. The Morgan fingerprint density at radius 1 is 1.00 bits per heavy atom. The molecule has 16 heteroatoms. The van der Waals surface area contributed by atoms with Crippen molar-refractivity contribution in [3.05, 3.63) is 53.3 Å². The van der Waals surface area contributed by atoms with E-state index in [1.165, 1.54) is 18.5 Å². The number of aliphatic imine (C=N–C) groups is 2. The van der Waals surface area contributed by atoms with Gasteiger partial charge in [-0.25, -0.2) is 15.0 Å².